The fourth-order valence-corrected chi connectivity index (χ4v) is 3.78. The van der Waals surface area contributed by atoms with Gasteiger partial charge < -0.3 is 14.7 Å². The highest BCUT2D eigenvalue weighted by Crippen LogP contribution is 2.35. The fraction of sp³-hybridized carbons (Fsp3) is 0.632. The predicted octanol–water partition coefficient (Wildman–Crippen LogP) is 2.68. The first-order valence-corrected chi connectivity index (χ1v) is 8.93. The summed E-state index contributed by atoms with van der Waals surface area (Å²) >= 11 is 0. The predicted molar refractivity (Wildman–Crippen MR) is 89.1 cm³/mol. The molecule has 1 aromatic rings. The first-order valence-electron chi connectivity index (χ1n) is 8.93. The number of aliphatic hydroxyl groups excluding tert-OH is 1. The number of aliphatic hydroxyl groups is 1. The van der Waals surface area contributed by atoms with Crippen molar-refractivity contribution < 1.29 is 19.0 Å². The number of nitrogens with zero attached hydrogens (tertiary/aromatic N) is 1. The number of halogens is 1. The molecule has 3 rings (SSSR count). The minimum atomic E-state index is -0.427. The first-order chi connectivity index (χ1) is 11.6. The molecule has 1 amide bonds. The Labute approximate surface area is 142 Å². The highest BCUT2D eigenvalue weighted by Gasteiger charge is 2.44. The SMILES string of the molecule is O=C(CCCc1ccc(F)cc1)N1CCC2(CC1)OCCCC2O. The molecule has 4 nitrogen and oxygen atoms in total. The Morgan fingerprint density at radius 2 is 2.00 bits per heavy atom. The summed E-state index contributed by atoms with van der Waals surface area (Å²) in [5.41, 5.74) is 0.629. The quantitative estimate of drug-likeness (QED) is 0.920. The van der Waals surface area contributed by atoms with E-state index in [1.54, 1.807) is 12.1 Å². The third-order valence-electron chi connectivity index (χ3n) is 5.35. The molecule has 0 aromatic heterocycles. The smallest absolute Gasteiger partial charge is 0.222 e. The van der Waals surface area contributed by atoms with E-state index in [9.17, 15) is 14.3 Å². The van der Waals surface area contributed by atoms with Gasteiger partial charge in [0.2, 0.25) is 5.91 Å². The van der Waals surface area contributed by atoms with E-state index < -0.39 is 11.7 Å². The maximum absolute atomic E-state index is 12.9. The average molecular weight is 335 g/mol. The first kappa shape index (κ1) is 17.4. The van der Waals surface area contributed by atoms with Crippen molar-refractivity contribution in [1.82, 2.24) is 4.90 Å². The number of benzene rings is 1. The van der Waals surface area contributed by atoms with Gasteiger partial charge in [0.15, 0.2) is 0 Å². The van der Waals surface area contributed by atoms with Crippen LogP contribution in [0, 0.1) is 5.82 Å². The number of rotatable bonds is 4. The topological polar surface area (TPSA) is 49.8 Å². The van der Waals surface area contributed by atoms with Gasteiger partial charge in [0, 0.05) is 26.1 Å². The van der Waals surface area contributed by atoms with Crippen LogP contribution in [0.4, 0.5) is 4.39 Å². The minimum Gasteiger partial charge on any atom is -0.390 e. The van der Waals surface area contributed by atoms with E-state index in [0.29, 0.717) is 26.1 Å². The third-order valence-corrected chi connectivity index (χ3v) is 5.35. The van der Waals surface area contributed by atoms with Crippen LogP contribution >= 0.6 is 0 Å². The second-order valence-corrected chi connectivity index (χ2v) is 6.93. The van der Waals surface area contributed by atoms with Crippen molar-refractivity contribution in [2.75, 3.05) is 19.7 Å². The zero-order chi connectivity index (χ0) is 17.0. The van der Waals surface area contributed by atoms with E-state index in [0.717, 1.165) is 44.1 Å². The number of carbonyl (C=O) groups is 1. The zero-order valence-electron chi connectivity index (χ0n) is 14.0. The van der Waals surface area contributed by atoms with E-state index in [1.165, 1.54) is 12.1 Å². The molecule has 0 saturated carbocycles. The number of amides is 1. The molecule has 1 spiro atoms. The Morgan fingerprint density at radius 1 is 1.29 bits per heavy atom. The summed E-state index contributed by atoms with van der Waals surface area (Å²) in [6.07, 6.45) is 4.81. The maximum atomic E-state index is 12.9. The van der Waals surface area contributed by atoms with Crippen molar-refractivity contribution in [2.24, 2.45) is 0 Å². The van der Waals surface area contributed by atoms with Crippen LogP contribution in [0.2, 0.25) is 0 Å². The number of ether oxygens (including phenoxy) is 1. The van der Waals surface area contributed by atoms with Crippen molar-refractivity contribution in [3.05, 3.63) is 35.6 Å². The molecule has 0 aliphatic carbocycles. The van der Waals surface area contributed by atoms with Gasteiger partial charge in [-0.2, -0.15) is 0 Å². The molecule has 132 valence electrons. The maximum Gasteiger partial charge on any atom is 0.222 e. The molecule has 0 bridgehead atoms. The summed E-state index contributed by atoms with van der Waals surface area (Å²) < 4.78 is 18.7. The van der Waals surface area contributed by atoms with Gasteiger partial charge >= 0.3 is 0 Å². The van der Waals surface area contributed by atoms with Crippen LogP contribution in [-0.2, 0) is 16.0 Å². The van der Waals surface area contributed by atoms with Crippen LogP contribution in [-0.4, -0.2) is 47.3 Å². The number of likely N-dealkylation sites (tertiary alicyclic amines) is 1. The molecule has 2 fully saturated rings. The molecular weight excluding hydrogens is 309 g/mol. The van der Waals surface area contributed by atoms with E-state index in [1.807, 2.05) is 4.90 Å². The van der Waals surface area contributed by atoms with Crippen molar-refractivity contribution in [3.8, 4) is 0 Å². The normalized spacial score (nSPS) is 23.4. The summed E-state index contributed by atoms with van der Waals surface area (Å²) in [4.78, 5) is 14.2. The second-order valence-electron chi connectivity index (χ2n) is 6.93. The summed E-state index contributed by atoms with van der Waals surface area (Å²) in [6, 6.07) is 6.45. The van der Waals surface area contributed by atoms with Crippen LogP contribution in [0.25, 0.3) is 0 Å². The molecule has 2 aliphatic rings. The number of piperidine rings is 1. The van der Waals surface area contributed by atoms with E-state index in [2.05, 4.69) is 0 Å². The molecule has 0 radical (unpaired) electrons. The number of hydrogen-bond donors (Lipinski definition) is 1. The lowest BCUT2D eigenvalue weighted by Gasteiger charge is -2.46. The lowest BCUT2D eigenvalue weighted by Crippen LogP contribution is -2.56. The van der Waals surface area contributed by atoms with Gasteiger partial charge in [0.05, 0.1) is 11.7 Å². The Morgan fingerprint density at radius 3 is 2.67 bits per heavy atom. The van der Waals surface area contributed by atoms with Crippen molar-refractivity contribution in [1.29, 1.82) is 0 Å². The van der Waals surface area contributed by atoms with Crippen molar-refractivity contribution in [2.45, 2.75) is 56.7 Å². The summed E-state index contributed by atoms with van der Waals surface area (Å²) in [7, 11) is 0. The van der Waals surface area contributed by atoms with Crippen LogP contribution in [0.1, 0.15) is 44.1 Å². The van der Waals surface area contributed by atoms with Crippen LogP contribution in [0.3, 0.4) is 0 Å². The molecule has 24 heavy (non-hydrogen) atoms. The van der Waals surface area contributed by atoms with Gasteiger partial charge in [-0.15, -0.1) is 0 Å². The molecule has 1 N–H and O–H groups in total. The number of carbonyl (C=O) groups excluding carboxylic acids is 1. The fourth-order valence-electron chi connectivity index (χ4n) is 3.78. The van der Waals surface area contributed by atoms with Gasteiger partial charge in [-0.05, 0) is 56.2 Å². The van der Waals surface area contributed by atoms with Gasteiger partial charge in [0.1, 0.15) is 5.82 Å². The molecule has 1 aromatic carbocycles. The monoisotopic (exact) mass is 335 g/mol. The molecule has 1 unspecified atom stereocenters. The lowest BCUT2D eigenvalue weighted by atomic mass is 9.82. The highest BCUT2D eigenvalue weighted by atomic mass is 19.1. The molecule has 5 heteroatoms. The average Bonchev–Trinajstić information content (AvgIpc) is 2.60. The standard InChI is InChI=1S/C19H26FNO3/c20-16-8-6-15(7-9-16)3-1-5-18(23)21-12-10-19(11-13-21)17(22)4-2-14-24-19/h6-9,17,22H,1-5,10-14H2. The van der Waals surface area contributed by atoms with Crippen molar-refractivity contribution in [3.63, 3.8) is 0 Å². The Hall–Kier alpha value is -1.46. The van der Waals surface area contributed by atoms with Gasteiger partial charge in [-0.1, -0.05) is 12.1 Å². The van der Waals surface area contributed by atoms with E-state index >= 15 is 0 Å². The number of hydrogen-bond acceptors (Lipinski definition) is 3. The molecule has 2 saturated heterocycles. The zero-order valence-corrected chi connectivity index (χ0v) is 14.0. The lowest BCUT2D eigenvalue weighted by molar-refractivity contribution is -0.179. The largest absolute Gasteiger partial charge is 0.390 e. The van der Waals surface area contributed by atoms with Crippen LogP contribution < -0.4 is 0 Å². The van der Waals surface area contributed by atoms with Gasteiger partial charge in [-0.3, -0.25) is 4.79 Å². The van der Waals surface area contributed by atoms with E-state index in [-0.39, 0.29) is 11.7 Å². The van der Waals surface area contributed by atoms with Crippen LogP contribution in [0.5, 0.6) is 0 Å². The third kappa shape index (κ3) is 3.95. The number of aryl methyl sites for hydroxylation is 1. The minimum absolute atomic E-state index is 0.164. The van der Waals surface area contributed by atoms with Gasteiger partial charge in [0.25, 0.3) is 0 Å². The Bertz CT molecular complexity index is 552. The second kappa shape index (κ2) is 7.62. The molecule has 2 aliphatic heterocycles. The van der Waals surface area contributed by atoms with Crippen molar-refractivity contribution >= 4 is 5.91 Å². The molecule has 2 heterocycles. The summed E-state index contributed by atoms with van der Waals surface area (Å²) in [6.45, 7) is 2.03. The summed E-state index contributed by atoms with van der Waals surface area (Å²) in [5.74, 6) is -0.0681. The highest BCUT2D eigenvalue weighted by molar-refractivity contribution is 5.76. The molecular formula is C19H26FNO3. The van der Waals surface area contributed by atoms with Gasteiger partial charge in [-0.25, -0.2) is 4.39 Å². The molecule has 1 atom stereocenters. The Kier molecular flexibility index (Phi) is 5.51. The van der Waals surface area contributed by atoms with Crippen LogP contribution in [0.15, 0.2) is 24.3 Å². The van der Waals surface area contributed by atoms with E-state index in [4.69, 9.17) is 4.74 Å². The Balaban J connectivity index is 1.42. The summed E-state index contributed by atoms with van der Waals surface area (Å²) in [5, 5.41) is 10.2.